The Labute approximate surface area is 636 Å². The van der Waals surface area contributed by atoms with Gasteiger partial charge >= 0.3 is 63.3 Å². The van der Waals surface area contributed by atoms with Crippen molar-refractivity contribution >= 4 is 155 Å². The predicted octanol–water partition coefficient (Wildman–Crippen LogP) is 11.5. The summed E-state index contributed by atoms with van der Waals surface area (Å²) in [6.07, 6.45) is 15.9. The number of alkyl halides is 1. The number of aromatic nitrogens is 3. The number of hydrazine groups is 2. The van der Waals surface area contributed by atoms with Gasteiger partial charge in [-0.15, -0.1) is 0 Å². The van der Waals surface area contributed by atoms with Crippen LogP contribution in [-0.4, -0.2) is 73.6 Å². The van der Waals surface area contributed by atoms with E-state index in [1.54, 1.807) is 11.8 Å². The van der Waals surface area contributed by atoms with Crippen LogP contribution in [-0.2, 0) is 28.9 Å². The number of amides is 2. The van der Waals surface area contributed by atoms with E-state index in [1.807, 2.05) is 34.9 Å². The van der Waals surface area contributed by atoms with Gasteiger partial charge in [-0.1, -0.05) is 152 Å². The van der Waals surface area contributed by atoms with Crippen molar-refractivity contribution in [1.82, 2.24) is 31.0 Å². The molecule has 0 atom stereocenters. The van der Waals surface area contributed by atoms with Crippen LogP contribution in [0.25, 0.3) is 59.5 Å². The first-order valence-electron chi connectivity index (χ1n) is 32.3. The number of rotatable bonds is 12. The van der Waals surface area contributed by atoms with E-state index in [0.717, 1.165) is 57.5 Å². The second kappa shape index (κ2) is 39.5. The van der Waals surface area contributed by atoms with E-state index < -0.39 is 19.1 Å². The molecule has 5 aliphatic rings. The molecule has 16 rings (SSSR count). The number of nitrogens with zero attached hydrogens (tertiary/aromatic N) is 3. The third-order valence-corrected chi connectivity index (χ3v) is 17.2. The van der Waals surface area contributed by atoms with Gasteiger partial charge < -0.3 is 37.1 Å². The molecular formula is C75H75FKN11O9S3. The molecule has 5 fully saturated rings. The Morgan fingerprint density at radius 2 is 0.940 bits per heavy atom. The second-order valence-corrected chi connectivity index (χ2v) is 24.3. The van der Waals surface area contributed by atoms with Crippen LogP contribution in [0.1, 0.15) is 123 Å². The summed E-state index contributed by atoms with van der Waals surface area (Å²) in [4.78, 5) is 52.7. The third kappa shape index (κ3) is 21.9. The first kappa shape index (κ1) is 76.5. The molecule has 510 valence electrons. The normalized spacial score (nSPS) is 13.5. The SMILES string of the molecule is NNC=O.Nc1ccc(C2CC2)c2ccccc12.Nc1ccc(C2CC2)c2ccccc12.O=C(O)C(=O)O.O=CNNC(=S)Nc1ccc(C2CC2)c2ccccc12.O=CO[O-].S=C=Nc1ccc(C2CC2)c2ccccc12.S=c1[nH]ncn1-c1ccc(C2CC2)c2ccccc12.[2H]CF.[K+]. The Morgan fingerprint density at radius 1 is 0.600 bits per heavy atom. The van der Waals surface area contributed by atoms with E-state index in [0.29, 0.717) is 28.6 Å². The number of hydrogen-bond acceptors (Lipinski definition) is 15. The van der Waals surface area contributed by atoms with Crippen molar-refractivity contribution in [2.45, 2.75) is 93.8 Å². The Hall–Kier alpha value is -9.21. The van der Waals surface area contributed by atoms with Crippen LogP contribution < -0.4 is 95.5 Å². The third-order valence-electron chi connectivity index (χ3n) is 16.7. The molecule has 0 bridgehead atoms. The largest absolute Gasteiger partial charge is 1.00 e. The van der Waals surface area contributed by atoms with E-state index in [1.165, 1.54) is 141 Å². The number of isothiocyanates is 1. The van der Waals surface area contributed by atoms with Crippen LogP contribution in [0.5, 0.6) is 0 Å². The summed E-state index contributed by atoms with van der Waals surface area (Å²) in [5.74, 6) is 4.56. The van der Waals surface area contributed by atoms with Gasteiger partial charge in [-0.2, -0.15) is 10.1 Å². The van der Waals surface area contributed by atoms with Gasteiger partial charge in [0.2, 0.25) is 12.8 Å². The molecule has 10 aromatic carbocycles. The van der Waals surface area contributed by atoms with Crippen molar-refractivity contribution in [1.29, 1.82) is 0 Å². The number of carboxylic acid groups (broad SMARTS) is 2. The molecule has 0 saturated heterocycles. The van der Waals surface area contributed by atoms with Crippen LogP contribution in [0.4, 0.5) is 27.1 Å². The van der Waals surface area contributed by atoms with Gasteiger partial charge in [0.05, 0.1) is 25.1 Å². The topological polar surface area (TPSA) is 330 Å². The number of H-pyrrole nitrogens is 1. The van der Waals surface area contributed by atoms with Crippen molar-refractivity contribution in [2.75, 3.05) is 23.9 Å². The molecule has 1 aromatic heterocycles. The number of carbonyl (C=O) groups is 5. The summed E-state index contributed by atoms with van der Waals surface area (Å²) in [6, 6.07) is 63.4. The van der Waals surface area contributed by atoms with Crippen molar-refractivity contribution in [3.63, 3.8) is 0 Å². The second-order valence-electron chi connectivity index (χ2n) is 23.3. The number of benzene rings is 10. The van der Waals surface area contributed by atoms with Crippen molar-refractivity contribution in [3.8, 4) is 5.69 Å². The van der Waals surface area contributed by atoms with Crippen LogP contribution in [0.3, 0.4) is 0 Å². The summed E-state index contributed by atoms with van der Waals surface area (Å²) in [7, 11) is -1.00. The van der Waals surface area contributed by atoms with Gasteiger partial charge in [-0.25, -0.2) is 15.4 Å². The number of aliphatic carboxylic acids is 2. The average Bonchev–Trinajstić information content (AvgIpc) is 1.65. The van der Waals surface area contributed by atoms with Gasteiger partial charge in [0.25, 0.3) is 6.47 Å². The zero-order valence-electron chi connectivity index (χ0n) is 55.7. The molecule has 0 aliphatic heterocycles. The van der Waals surface area contributed by atoms with Gasteiger partial charge in [0, 0.05) is 44.0 Å². The molecule has 5 saturated carbocycles. The first-order chi connectivity index (χ1) is 48.6. The minimum Gasteiger partial charge on any atom is -0.662 e. The molecule has 13 N–H and O–H groups in total. The number of anilines is 3. The van der Waals surface area contributed by atoms with E-state index in [4.69, 9.17) is 71.9 Å². The molecule has 0 radical (unpaired) electrons. The van der Waals surface area contributed by atoms with Crippen molar-refractivity contribution in [3.05, 3.63) is 221 Å². The predicted molar refractivity (Wildman–Crippen MR) is 397 cm³/mol. The number of aromatic amines is 1. The zero-order valence-corrected chi connectivity index (χ0v) is 60.3. The Balaban J connectivity index is 0.000000168. The maximum atomic E-state index is 10.2. The minimum absolute atomic E-state index is 0. The van der Waals surface area contributed by atoms with Crippen molar-refractivity contribution in [2.24, 2.45) is 10.8 Å². The minimum atomic E-state index is -1.82. The molecule has 0 spiro atoms. The van der Waals surface area contributed by atoms with Crippen molar-refractivity contribution < 1.29 is 101 Å². The fourth-order valence-electron chi connectivity index (χ4n) is 11.5. The molecule has 5 aliphatic carbocycles. The van der Waals surface area contributed by atoms with Gasteiger partial charge in [-0.3, -0.25) is 44.7 Å². The number of thiocarbonyl (C=S) groups is 2. The Bertz CT molecular complexity index is 4660. The van der Waals surface area contributed by atoms with E-state index in [9.17, 15) is 9.18 Å². The fourth-order valence-corrected chi connectivity index (χ4v) is 12.0. The van der Waals surface area contributed by atoms with Gasteiger partial charge in [0.15, 0.2) is 9.88 Å². The van der Waals surface area contributed by atoms with Gasteiger partial charge in [-0.05, 0) is 216 Å². The summed E-state index contributed by atoms with van der Waals surface area (Å²) in [5.41, 5.74) is 30.6. The van der Waals surface area contributed by atoms with Crippen LogP contribution >= 0.6 is 36.7 Å². The number of nitrogen functional groups attached to an aromatic ring is 2. The molecular weight excluding hydrogens is 1350 g/mol. The first-order valence-corrected chi connectivity index (χ1v) is 32.9. The van der Waals surface area contributed by atoms with Crippen LogP contribution in [0.15, 0.2) is 193 Å². The number of hydrogen-bond donors (Lipinski definition) is 10. The molecule has 11 aromatic rings. The van der Waals surface area contributed by atoms with Crippen LogP contribution in [0, 0.1) is 4.77 Å². The fraction of sp³-hybridized carbons (Fsp3) is 0.213. The molecule has 2 amide bonds. The summed E-state index contributed by atoms with van der Waals surface area (Å²) in [6.45, 7) is -0.181. The number of nitrogens with one attached hydrogen (secondary N) is 5. The molecule has 0 unspecified atom stereocenters. The molecule has 20 nitrogen and oxygen atoms in total. The number of aliphatic imine (C=N–C) groups is 1. The monoisotopic (exact) mass is 1430 g/mol. The smallest absolute Gasteiger partial charge is 0.662 e. The maximum Gasteiger partial charge on any atom is 1.00 e. The number of halogens is 1. The van der Waals surface area contributed by atoms with E-state index in [-0.39, 0.29) is 57.9 Å². The number of carbonyl (C=O) groups excluding carboxylic acids is 3. The summed E-state index contributed by atoms with van der Waals surface area (Å²) >= 11 is 15.1. The van der Waals surface area contributed by atoms with Gasteiger partial charge in [0.1, 0.15) is 6.33 Å². The molecule has 100 heavy (non-hydrogen) atoms. The number of carboxylic acids is 2. The molecule has 25 heteroatoms. The number of fused-ring (bicyclic) bond motifs is 5. The Morgan fingerprint density at radius 3 is 1.30 bits per heavy atom. The average molecular weight is 1430 g/mol. The maximum absolute atomic E-state index is 10.2. The number of nitrogens with two attached hydrogens (primary N) is 3. The quantitative estimate of drug-likeness (QED) is 0.00519. The molecule has 1 heterocycles. The summed E-state index contributed by atoms with van der Waals surface area (Å²) < 4.78 is 18.1. The zero-order chi connectivity index (χ0) is 71.5. The summed E-state index contributed by atoms with van der Waals surface area (Å²) in [5, 5.41) is 48.5. The van der Waals surface area contributed by atoms with E-state index >= 15 is 0 Å². The standard InChI is InChI=1S/C15H15N3OS.C15H13N3S.C14H11NS.2C13H13N.C2H2O4.CH3F.CH4N2O.CH2O3.K/c19-9-16-18-15(20)17-14-8-7-11(10-5-6-10)12-3-1-2-4-13(12)14;19-15-17-16-9-18(15)14-8-7-11(10-5-6-10)12-3-1-2-4-13(12)14;16-9-15-14-8-7-11(10-5-6-10)12-3-1-2-4-13(12)14;2*14-13-8-7-10(9-5-6-9)11-3-1-2-4-12(11)13;3-1(4)2(5)6;1-2;2-3-1-4;2-1-4-3;/h1-4,7-10H,5-6H2,(H,16,19)(H2,17,18,20);1-4,7-10H,5-6H2,(H,17,19);1-4,7-8,10H,5-6H2;2*1-4,7-9H,5-6,14H2;(H,3,4)(H,5,6);1H3;1H,2H2,(H,3,4);1,3H;/q;;;;;;;;;+1/p-1/i;;;;;;1D;;;. The van der Waals surface area contributed by atoms with E-state index in [2.05, 4.69) is 211 Å². The Kier molecular flexibility index (Phi) is 30.3. The van der Waals surface area contributed by atoms with Crippen LogP contribution in [0.2, 0.25) is 0 Å².